The first-order chi connectivity index (χ1) is 16.5. The molecule has 5 nitrogen and oxygen atoms in total. The fourth-order valence-electron chi connectivity index (χ4n) is 4.05. The summed E-state index contributed by atoms with van der Waals surface area (Å²) in [5, 5.41) is 1.48. The molecule has 0 N–H and O–H groups in total. The highest BCUT2D eigenvalue weighted by atomic mass is 35.5. The fourth-order valence-corrected chi connectivity index (χ4v) is 6.36. The van der Waals surface area contributed by atoms with E-state index in [4.69, 9.17) is 21.3 Å². The number of amides is 1. The van der Waals surface area contributed by atoms with Crippen molar-refractivity contribution in [2.45, 2.75) is 38.0 Å². The Kier molecular flexibility index (Phi) is 9.25. The molecule has 2 heterocycles. The highest BCUT2D eigenvalue weighted by Crippen LogP contribution is 2.33. The number of carbonyl (C=O) groups excluding carboxylic acids is 1. The molecule has 1 aliphatic rings. The molecule has 0 bridgehead atoms. The summed E-state index contributed by atoms with van der Waals surface area (Å²) in [4.78, 5) is 23.7. The van der Waals surface area contributed by atoms with Gasteiger partial charge in [0.25, 0.3) is 0 Å². The summed E-state index contributed by atoms with van der Waals surface area (Å²) in [6.45, 7) is 9.26. The van der Waals surface area contributed by atoms with E-state index in [9.17, 15) is 4.79 Å². The predicted molar refractivity (Wildman–Crippen MR) is 145 cm³/mol. The van der Waals surface area contributed by atoms with Crippen LogP contribution in [-0.2, 0) is 9.53 Å². The first kappa shape index (κ1) is 25.5. The van der Waals surface area contributed by atoms with Gasteiger partial charge in [0.2, 0.25) is 5.91 Å². The minimum Gasteiger partial charge on any atom is -0.379 e. The average Bonchev–Trinajstić information content (AvgIpc) is 3.25. The lowest BCUT2D eigenvalue weighted by Crippen LogP contribution is -2.39. The van der Waals surface area contributed by atoms with Gasteiger partial charge in [0.15, 0.2) is 5.13 Å². The maximum Gasteiger partial charge on any atom is 0.228 e. The second-order valence-electron chi connectivity index (χ2n) is 8.68. The van der Waals surface area contributed by atoms with Crippen molar-refractivity contribution < 1.29 is 9.53 Å². The van der Waals surface area contributed by atoms with E-state index in [1.807, 2.05) is 24.0 Å². The van der Waals surface area contributed by atoms with Gasteiger partial charge < -0.3 is 4.74 Å². The van der Waals surface area contributed by atoms with Gasteiger partial charge in [-0.15, -0.1) is 11.8 Å². The van der Waals surface area contributed by atoms with Crippen LogP contribution in [0.1, 0.15) is 30.4 Å². The Labute approximate surface area is 215 Å². The maximum absolute atomic E-state index is 13.3. The quantitative estimate of drug-likeness (QED) is 0.237. The zero-order valence-corrected chi connectivity index (χ0v) is 22.3. The normalized spacial score (nSPS) is 14.6. The monoisotopic (exact) mass is 517 g/mol. The Balaban J connectivity index is 1.40. The van der Waals surface area contributed by atoms with Gasteiger partial charge in [0, 0.05) is 42.5 Å². The van der Waals surface area contributed by atoms with E-state index in [2.05, 4.69) is 36.1 Å². The van der Waals surface area contributed by atoms with Crippen LogP contribution in [0.4, 0.5) is 5.13 Å². The number of thioether (sulfide) groups is 1. The van der Waals surface area contributed by atoms with Gasteiger partial charge in [-0.05, 0) is 62.3 Å². The number of morpholine rings is 1. The number of rotatable bonds is 10. The third-order valence-corrected chi connectivity index (χ3v) is 8.30. The highest BCUT2D eigenvalue weighted by molar-refractivity contribution is 7.99. The van der Waals surface area contributed by atoms with Crippen molar-refractivity contribution >= 4 is 56.0 Å². The molecule has 182 valence electrons. The number of anilines is 1. The van der Waals surface area contributed by atoms with E-state index < -0.39 is 0 Å². The Morgan fingerprint density at radius 2 is 1.94 bits per heavy atom. The molecule has 1 amide bonds. The lowest BCUT2D eigenvalue weighted by molar-refractivity contribution is -0.118. The molecule has 0 atom stereocenters. The summed E-state index contributed by atoms with van der Waals surface area (Å²) in [5.74, 6) is 1.07. The van der Waals surface area contributed by atoms with Crippen molar-refractivity contribution in [3.63, 3.8) is 0 Å². The fraction of sp³-hybridized carbons (Fsp3) is 0.462. The van der Waals surface area contributed by atoms with E-state index in [0.717, 1.165) is 72.4 Å². The van der Waals surface area contributed by atoms with Gasteiger partial charge >= 0.3 is 0 Å². The number of nitrogens with zero attached hydrogens (tertiary/aromatic N) is 3. The molecule has 1 fully saturated rings. The third kappa shape index (κ3) is 6.95. The minimum atomic E-state index is 0.147. The van der Waals surface area contributed by atoms with Crippen LogP contribution in [0.2, 0.25) is 5.02 Å². The van der Waals surface area contributed by atoms with Crippen molar-refractivity contribution in [2.75, 3.05) is 50.0 Å². The first-order valence-electron chi connectivity index (χ1n) is 11.9. The largest absolute Gasteiger partial charge is 0.379 e. The summed E-state index contributed by atoms with van der Waals surface area (Å²) in [6.07, 6.45) is 2.28. The molecule has 1 aliphatic heterocycles. The summed E-state index contributed by atoms with van der Waals surface area (Å²) in [6, 6.07) is 12.4. The van der Waals surface area contributed by atoms with E-state index in [-0.39, 0.29) is 5.91 Å². The molecule has 34 heavy (non-hydrogen) atoms. The predicted octanol–water partition coefficient (Wildman–Crippen LogP) is 6.19. The van der Waals surface area contributed by atoms with Crippen LogP contribution in [0.25, 0.3) is 10.2 Å². The van der Waals surface area contributed by atoms with Crippen LogP contribution >= 0.6 is 34.7 Å². The van der Waals surface area contributed by atoms with Gasteiger partial charge in [-0.3, -0.25) is 14.6 Å². The number of aryl methyl sites for hydroxylation is 2. The number of thiazole rings is 1. The second-order valence-corrected chi connectivity index (χ2v) is 11.3. The number of fused-ring (bicyclic) bond motifs is 1. The number of hydrogen-bond donors (Lipinski definition) is 0. The summed E-state index contributed by atoms with van der Waals surface area (Å²) in [7, 11) is 0. The molecule has 0 radical (unpaired) electrons. The van der Waals surface area contributed by atoms with Crippen molar-refractivity contribution in [2.24, 2.45) is 0 Å². The van der Waals surface area contributed by atoms with Gasteiger partial charge in [0.05, 0.1) is 23.4 Å². The molecule has 4 rings (SSSR count). The van der Waals surface area contributed by atoms with E-state index in [0.29, 0.717) is 18.0 Å². The van der Waals surface area contributed by atoms with Crippen LogP contribution in [0, 0.1) is 13.8 Å². The van der Waals surface area contributed by atoms with Crippen molar-refractivity contribution in [3.05, 3.63) is 52.5 Å². The van der Waals surface area contributed by atoms with Crippen LogP contribution in [-0.4, -0.2) is 60.9 Å². The number of halogens is 1. The molecule has 0 spiro atoms. The average molecular weight is 518 g/mol. The van der Waals surface area contributed by atoms with E-state index in [1.54, 1.807) is 23.1 Å². The van der Waals surface area contributed by atoms with Crippen LogP contribution in [0.5, 0.6) is 0 Å². The highest BCUT2D eigenvalue weighted by Gasteiger charge is 2.21. The molecule has 0 aliphatic carbocycles. The van der Waals surface area contributed by atoms with Gasteiger partial charge in [-0.25, -0.2) is 4.98 Å². The lowest BCUT2D eigenvalue weighted by Gasteiger charge is -2.27. The standard InChI is InChI=1S/C26H32ClN3O2S2/c1-19-6-8-22(9-7-19)33-16-3-5-24(31)30(11-4-10-29-12-14-32-15-13-29)26-28-25-20(2)17-21(27)18-23(25)34-26/h6-9,17-18H,3-5,10-16H2,1-2H3. The Hall–Kier alpha value is -1.64. The molecule has 0 saturated carbocycles. The van der Waals surface area contributed by atoms with E-state index in [1.165, 1.54) is 10.5 Å². The number of carbonyl (C=O) groups is 1. The van der Waals surface area contributed by atoms with Crippen LogP contribution in [0.15, 0.2) is 41.3 Å². The maximum atomic E-state index is 13.3. The third-order valence-electron chi connectivity index (χ3n) is 5.96. The second kappa shape index (κ2) is 12.4. The summed E-state index contributed by atoms with van der Waals surface area (Å²) < 4.78 is 6.48. The Morgan fingerprint density at radius 3 is 2.71 bits per heavy atom. The molecule has 1 saturated heterocycles. The van der Waals surface area contributed by atoms with Crippen molar-refractivity contribution in [1.82, 2.24) is 9.88 Å². The van der Waals surface area contributed by atoms with Crippen molar-refractivity contribution in [1.29, 1.82) is 0 Å². The number of aromatic nitrogens is 1. The Morgan fingerprint density at radius 1 is 1.18 bits per heavy atom. The molecule has 1 aromatic heterocycles. The lowest BCUT2D eigenvalue weighted by atomic mass is 10.2. The van der Waals surface area contributed by atoms with Crippen LogP contribution < -0.4 is 4.90 Å². The smallest absolute Gasteiger partial charge is 0.228 e. The SMILES string of the molecule is Cc1ccc(SCCCC(=O)N(CCCN2CCOCC2)c2nc3c(C)cc(Cl)cc3s2)cc1. The topological polar surface area (TPSA) is 45.7 Å². The molecular formula is C26H32ClN3O2S2. The number of hydrogen-bond acceptors (Lipinski definition) is 6. The molecule has 2 aromatic carbocycles. The van der Waals surface area contributed by atoms with Gasteiger partial charge in [-0.1, -0.05) is 40.6 Å². The number of ether oxygens (including phenoxy) is 1. The molecule has 0 unspecified atom stereocenters. The van der Waals surface area contributed by atoms with Gasteiger partial charge in [-0.2, -0.15) is 0 Å². The number of benzene rings is 2. The summed E-state index contributed by atoms with van der Waals surface area (Å²) >= 11 is 9.63. The first-order valence-corrected chi connectivity index (χ1v) is 14.0. The zero-order chi connectivity index (χ0) is 23.9. The Bertz CT molecular complexity index is 1100. The molecule has 3 aromatic rings. The zero-order valence-electron chi connectivity index (χ0n) is 19.9. The van der Waals surface area contributed by atoms with E-state index >= 15 is 0 Å². The molecule has 8 heteroatoms. The van der Waals surface area contributed by atoms with Crippen molar-refractivity contribution in [3.8, 4) is 0 Å². The minimum absolute atomic E-state index is 0.147. The summed E-state index contributed by atoms with van der Waals surface area (Å²) in [5.41, 5.74) is 3.24. The van der Waals surface area contributed by atoms with Gasteiger partial charge in [0.1, 0.15) is 0 Å². The molecular weight excluding hydrogens is 486 g/mol. The van der Waals surface area contributed by atoms with Crippen LogP contribution in [0.3, 0.4) is 0 Å².